The fraction of sp³-hybridized carbons (Fsp3) is 0.412. The average Bonchev–Trinajstić information content (AvgIpc) is 3.33. The number of amides is 2. The zero-order valence-electron chi connectivity index (χ0n) is 11.5. The molecule has 2 saturated carbocycles. The van der Waals surface area contributed by atoms with Crippen molar-refractivity contribution in [1.82, 2.24) is 5.43 Å². The van der Waals surface area contributed by atoms with Gasteiger partial charge in [-0.2, -0.15) is 0 Å². The van der Waals surface area contributed by atoms with Crippen LogP contribution in [0.25, 0.3) is 0 Å². The molecule has 21 heavy (non-hydrogen) atoms. The normalized spacial score (nSPS) is 42.4. The molecule has 6 rings (SSSR count). The summed E-state index contributed by atoms with van der Waals surface area (Å²) in [5.74, 6) is 1.54. The summed E-state index contributed by atoms with van der Waals surface area (Å²) in [5.41, 5.74) is 3.56. The van der Waals surface area contributed by atoms with E-state index in [1.165, 1.54) is 11.4 Å². The van der Waals surface area contributed by atoms with Crippen LogP contribution in [0.5, 0.6) is 0 Å². The summed E-state index contributed by atoms with van der Waals surface area (Å²) < 4.78 is 0. The van der Waals surface area contributed by atoms with Crippen LogP contribution in [0, 0.1) is 35.5 Å². The van der Waals surface area contributed by atoms with E-state index in [0.29, 0.717) is 11.8 Å². The van der Waals surface area contributed by atoms with Gasteiger partial charge in [-0.25, -0.2) is 5.01 Å². The standard InChI is InChI=1S/C17H16N2O2/c20-16-14-10-6-7-11(13-8-12(10)13)15(14)17(21)19(18-16)9-4-2-1-3-5-9/h1-7,10-15H,8H2,(H,18,20)/t10-,11-,12-,13+,14-,15+/m0/s1. The van der Waals surface area contributed by atoms with Gasteiger partial charge in [-0.05, 0) is 42.2 Å². The quantitative estimate of drug-likeness (QED) is 0.797. The molecule has 0 radical (unpaired) electrons. The molecular weight excluding hydrogens is 264 g/mol. The minimum atomic E-state index is -0.169. The highest BCUT2D eigenvalue weighted by molar-refractivity contribution is 6.04. The predicted octanol–water partition coefficient (Wildman–Crippen LogP) is 1.75. The Balaban J connectivity index is 1.56. The first-order valence-corrected chi connectivity index (χ1v) is 7.63. The highest BCUT2D eigenvalue weighted by Crippen LogP contribution is 2.64. The van der Waals surface area contributed by atoms with Crippen molar-refractivity contribution in [2.45, 2.75) is 6.42 Å². The van der Waals surface area contributed by atoms with Crippen LogP contribution in [-0.4, -0.2) is 11.8 Å². The Labute approximate surface area is 122 Å². The molecule has 0 aromatic heterocycles. The number of rotatable bonds is 1. The van der Waals surface area contributed by atoms with E-state index >= 15 is 0 Å². The molecule has 1 aromatic rings. The number of nitrogens with zero attached hydrogens (tertiary/aromatic N) is 1. The Hall–Kier alpha value is -2.10. The second kappa shape index (κ2) is 3.75. The number of hydrazine groups is 1. The molecule has 1 aliphatic heterocycles. The topological polar surface area (TPSA) is 49.4 Å². The zero-order valence-corrected chi connectivity index (χ0v) is 11.5. The first-order chi connectivity index (χ1) is 10.3. The van der Waals surface area contributed by atoms with E-state index in [1.54, 1.807) is 0 Å². The summed E-state index contributed by atoms with van der Waals surface area (Å²) in [6, 6.07) is 9.38. The highest BCUT2D eigenvalue weighted by Gasteiger charge is 2.64. The van der Waals surface area contributed by atoms with Gasteiger partial charge in [0, 0.05) is 0 Å². The number of para-hydroxylation sites is 1. The fourth-order valence-electron chi connectivity index (χ4n) is 4.73. The Bertz CT molecular complexity index is 669. The minimum Gasteiger partial charge on any atom is -0.273 e. The van der Waals surface area contributed by atoms with E-state index < -0.39 is 0 Å². The molecule has 1 N–H and O–H groups in total. The van der Waals surface area contributed by atoms with E-state index in [2.05, 4.69) is 17.6 Å². The number of allylic oxidation sites excluding steroid dienone is 2. The van der Waals surface area contributed by atoms with Gasteiger partial charge < -0.3 is 0 Å². The largest absolute Gasteiger partial charge is 0.273 e. The lowest BCUT2D eigenvalue weighted by Crippen LogP contribution is -2.64. The van der Waals surface area contributed by atoms with E-state index in [0.717, 1.165) is 5.69 Å². The van der Waals surface area contributed by atoms with Crippen LogP contribution in [0.4, 0.5) is 5.69 Å². The number of nitrogens with one attached hydrogen (secondary N) is 1. The molecule has 4 nitrogen and oxygen atoms in total. The smallest absolute Gasteiger partial charge is 0.250 e. The van der Waals surface area contributed by atoms with Crippen LogP contribution in [-0.2, 0) is 9.59 Å². The molecule has 4 heteroatoms. The van der Waals surface area contributed by atoms with Crippen LogP contribution in [0.3, 0.4) is 0 Å². The lowest BCUT2D eigenvalue weighted by molar-refractivity contribution is -0.146. The number of carbonyl (C=O) groups is 2. The zero-order chi connectivity index (χ0) is 14.1. The predicted molar refractivity (Wildman–Crippen MR) is 76.8 cm³/mol. The van der Waals surface area contributed by atoms with Crippen LogP contribution in [0.15, 0.2) is 42.5 Å². The van der Waals surface area contributed by atoms with E-state index in [1.807, 2.05) is 30.3 Å². The molecule has 1 saturated heterocycles. The molecular formula is C17H16N2O2. The summed E-state index contributed by atoms with van der Waals surface area (Å²) in [7, 11) is 0. The number of hydrogen-bond donors (Lipinski definition) is 1. The lowest BCUT2D eigenvalue weighted by atomic mass is 9.61. The van der Waals surface area contributed by atoms with E-state index in [-0.39, 0.29) is 35.5 Å². The van der Waals surface area contributed by atoms with Crippen molar-refractivity contribution in [3.8, 4) is 0 Å². The summed E-state index contributed by atoms with van der Waals surface area (Å²) in [6.45, 7) is 0. The number of carbonyl (C=O) groups excluding carboxylic acids is 2. The van der Waals surface area contributed by atoms with Gasteiger partial charge in [0.25, 0.3) is 0 Å². The highest BCUT2D eigenvalue weighted by atomic mass is 16.2. The first-order valence-electron chi connectivity index (χ1n) is 7.63. The summed E-state index contributed by atoms with van der Waals surface area (Å²) in [5, 5.41) is 1.45. The van der Waals surface area contributed by atoms with Crippen molar-refractivity contribution < 1.29 is 9.59 Å². The number of hydrogen-bond acceptors (Lipinski definition) is 2. The van der Waals surface area contributed by atoms with Gasteiger partial charge in [-0.15, -0.1) is 0 Å². The van der Waals surface area contributed by atoms with E-state index in [9.17, 15) is 9.59 Å². The third-order valence-corrected chi connectivity index (χ3v) is 5.70. The molecule has 2 amide bonds. The van der Waals surface area contributed by atoms with E-state index in [4.69, 9.17) is 0 Å². The monoisotopic (exact) mass is 280 g/mol. The van der Waals surface area contributed by atoms with Gasteiger partial charge in [-0.3, -0.25) is 15.0 Å². The molecule has 3 fully saturated rings. The molecule has 0 unspecified atom stereocenters. The van der Waals surface area contributed by atoms with Crippen LogP contribution < -0.4 is 10.4 Å². The molecule has 5 aliphatic rings. The summed E-state index contributed by atoms with van der Waals surface area (Å²) >= 11 is 0. The summed E-state index contributed by atoms with van der Waals surface area (Å²) in [4.78, 5) is 25.5. The maximum atomic E-state index is 12.9. The van der Waals surface area contributed by atoms with Crippen LogP contribution >= 0.6 is 0 Å². The van der Waals surface area contributed by atoms with Crippen molar-refractivity contribution in [2.24, 2.45) is 35.5 Å². The molecule has 0 spiro atoms. The van der Waals surface area contributed by atoms with Crippen molar-refractivity contribution in [2.75, 3.05) is 5.01 Å². The third kappa shape index (κ3) is 1.40. The Kier molecular flexibility index (Phi) is 2.06. The van der Waals surface area contributed by atoms with Gasteiger partial charge in [0.1, 0.15) is 0 Å². The number of anilines is 1. The van der Waals surface area contributed by atoms with Crippen molar-refractivity contribution in [3.63, 3.8) is 0 Å². The Morgan fingerprint density at radius 1 is 0.952 bits per heavy atom. The second-order valence-electron chi connectivity index (χ2n) is 6.64. The Morgan fingerprint density at radius 3 is 2.33 bits per heavy atom. The second-order valence-corrected chi connectivity index (χ2v) is 6.64. The van der Waals surface area contributed by atoms with Crippen LogP contribution in [0.2, 0.25) is 0 Å². The lowest BCUT2D eigenvalue weighted by Gasteiger charge is -2.48. The van der Waals surface area contributed by atoms with Crippen molar-refractivity contribution >= 4 is 17.5 Å². The van der Waals surface area contributed by atoms with Gasteiger partial charge in [0.2, 0.25) is 11.8 Å². The molecule has 1 aromatic carbocycles. The molecule has 2 bridgehead atoms. The molecule has 4 aliphatic carbocycles. The summed E-state index contributed by atoms with van der Waals surface area (Å²) in [6.07, 6.45) is 5.56. The van der Waals surface area contributed by atoms with Gasteiger partial charge in [-0.1, -0.05) is 30.4 Å². The number of benzene rings is 1. The first kappa shape index (κ1) is 11.5. The van der Waals surface area contributed by atoms with Crippen molar-refractivity contribution in [1.29, 1.82) is 0 Å². The SMILES string of the molecule is O=C1NN(c2ccccc2)C(=O)[C@@H]2[C@H]3C=C[C@@H]([C@@H]4C[C@H]34)[C@H]12. The maximum absolute atomic E-state index is 12.9. The average molecular weight is 280 g/mol. The van der Waals surface area contributed by atoms with Crippen LogP contribution in [0.1, 0.15) is 6.42 Å². The molecule has 1 heterocycles. The molecule has 6 atom stereocenters. The van der Waals surface area contributed by atoms with Crippen molar-refractivity contribution in [3.05, 3.63) is 42.5 Å². The van der Waals surface area contributed by atoms with Gasteiger partial charge in [0.05, 0.1) is 17.5 Å². The maximum Gasteiger partial charge on any atom is 0.250 e. The minimum absolute atomic E-state index is 0.00755. The fourth-order valence-corrected chi connectivity index (χ4v) is 4.73. The van der Waals surface area contributed by atoms with Gasteiger partial charge in [0.15, 0.2) is 0 Å². The molecule has 106 valence electrons. The van der Waals surface area contributed by atoms with Gasteiger partial charge >= 0.3 is 0 Å². The third-order valence-electron chi connectivity index (χ3n) is 5.70. The Morgan fingerprint density at radius 2 is 1.62 bits per heavy atom.